The summed E-state index contributed by atoms with van der Waals surface area (Å²) in [5.41, 5.74) is 3.19. The highest BCUT2D eigenvalue weighted by molar-refractivity contribution is 6.30. The fraction of sp³-hybridized carbons (Fsp3) is 0.444. The molecule has 0 atom stereocenters. The standard InChI is InChI=1S/C18H22ClN3O2/c1-2-24-18(23)12-22-9-7-14(8-10-22)17-11-16(20-21-17)13-3-5-15(19)6-4-13/h3-6,11,14H,2,7-10,12H2,1H3,(H,20,21)/p+1. The SMILES string of the molecule is CCOC(=O)C[NH+]1CCC(c2cc(-c3ccc(Cl)cc3)n[nH]2)CC1. The molecule has 1 aromatic carbocycles. The van der Waals surface area contributed by atoms with E-state index in [2.05, 4.69) is 16.3 Å². The molecule has 1 saturated heterocycles. The number of carbonyl (C=O) groups is 1. The Morgan fingerprint density at radius 2 is 2.04 bits per heavy atom. The molecule has 1 aliphatic heterocycles. The van der Waals surface area contributed by atoms with E-state index in [4.69, 9.17) is 16.3 Å². The molecule has 0 unspecified atom stereocenters. The third kappa shape index (κ3) is 4.16. The molecular formula is C18H23ClN3O2+. The molecule has 0 bridgehead atoms. The highest BCUT2D eigenvalue weighted by atomic mass is 35.5. The van der Waals surface area contributed by atoms with Crippen LogP contribution in [0.4, 0.5) is 0 Å². The molecule has 3 rings (SSSR count). The number of aromatic nitrogens is 2. The molecule has 1 aromatic heterocycles. The van der Waals surface area contributed by atoms with Gasteiger partial charge in [0.05, 0.1) is 25.4 Å². The number of esters is 1. The van der Waals surface area contributed by atoms with Gasteiger partial charge in [0.2, 0.25) is 0 Å². The Morgan fingerprint density at radius 1 is 1.33 bits per heavy atom. The first kappa shape index (κ1) is 17.0. The van der Waals surface area contributed by atoms with Gasteiger partial charge in [0.1, 0.15) is 0 Å². The maximum atomic E-state index is 11.6. The fourth-order valence-electron chi connectivity index (χ4n) is 3.24. The molecule has 2 aromatic rings. The number of hydrogen-bond donors (Lipinski definition) is 2. The van der Waals surface area contributed by atoms with E-state index in [9.17, 15) is 4.79 Å². The number of carbonyl (C=O) groups excluding carboxylic acids is 1. The van der Waals surface area contributed by atoms with Crippen LogP contribution in [0.5, 0.6) is 0 Å². The van der Waals surface area contributed by atoms with Gasteiger partial charge in [-0.15, -0.1) is 0 Å². The lowest BCUT2D eigenvalue weighted by atomic mass is 9.93. The normalized spacial score (nSPS) is 20.8. The van der Waals surface area contributed by atoms with Gasteiger partial charge in [-0.2, -0.15) is 5.10 Å². The number of aromatic amines is 1. The molecule has 0 saturated carbocycles. The third-order valence-corrected chi connectivity index (χ3v) is 4.82. The number of ether oxygens (including phenoxy) is 1. The van der Waals surface area contributed by atoms with Gasteiger partial charge in [-0.25, -0.2) is 4.79 Å². The number of likely N-dealkylation sites (tertiary alicyclic amines) is 1. The summed E-state index contributed by atoms with van der Waals surface area (Å²) in [6.07, 6.45) is 2.11. The summed E-state index contributed by atoms with van der Waals surface area (Å²) in [5, 5.41) is 8.34. The van der Waals surface area contributed by atoms with Gasteiger partial charge in [0.15, 0.2) is 6.54 Å². The van der Waals surface area contributed by atoms with Crippen molar-refractivity contribution >= 4 is 17.6 Å². The molecule has 0 aliphatic carbocycles. The average molecular weight is 349 g/mol. The molecule has 0 spiro atoms. The Bertz CT molecular complexity index is 676. The van der Waals surface area contributed by atoms with Crippen LogP contribution in [0.3, 0.4) is 0 Å². The van der Waals surface area contributed by atoms with E-state index in [1.807, 2.05) is 31.2 Å². The number of rotatable bonds is 5. The minimum Gasteiger partial charge on any atom is -0.462 e. The molecule has 5 nitrogen and oxygen atoms in total. The molecule has 6 heteroatoms. The van der Waals surface area contributed by atoms with E-state index in [0.29, 0.717) is 19.1 Å². The van der Waals surface area contributed by atoms with Crippen molar-refractivity contribution in [3.8, 4) is 11.3 Å². The number of H-pyrrole nitrogens is 1. The first-order chi connectivity index (χ1) is 11.7. The lowest BCUT2D eigenvalue weighted by Gasteiger charge is -2.27. The van der Waals surface area contributed by atoms with Crippen LogP contribution >= 0.6 is 11.6 Å². The van der Waals surface area contributed by atoms with Gasteiger partial charge < -0.3 is 9.64 Å². The van der Waals surface area contributed by atoms with Gasteiger partial charge in [-0.1, -0.05) is 23.7 Å². The van der Waals surface area contributed by atoms with Crippen LogP contribution in [0.2, 0.25) is 5.02 Å². The zero-order valence-corrected chi connectivity index (χ0v) is 14.6. The van der Waals surface area contributed by atoms with Crippen LogP contribution in [-0.4, -0.2) is 42.4 Å². The first-order valence-electron chi connectivity index (χ1n) is 8.46. The van der Waals surface area contributed by atoms with Crippen molar-refractivity contribution in [2.24, 2.45) is 0 Å². The van der Waals surface area contributed by atoms with Crippen molar-refractivity contribution in [1.29, 1.82) is 0 Å². The number of hydrogen-bond acceptors (Lipinski definition) is 3. The number of benzene rings is 1. The van der Waals surface area contributed by atoms with E-state index in [-0.39, 0.29) is 5.97 Å². The van der Waals surface area contributed by atoms with E-state index >= 15 is 0 Å². The van der Waals surface area contributed by atoms with Crippen molar-refractivity contribution in [2.45, 2.75) is 25.7 Å². The van der Waals surface area contributed by atoms with Crippen molar-refractivity contribution in [3.63, 3.8) is 0 Å². The molecule has 24 heavy (non-hydrogen) atoms. The highest BCUT2D eigenvalue weighted by Crippen LogP contribution is 2.27. The van der Waals surface area contributed by atoms with E-state index < -0.39 is 0 Å². The van der Waals surface area contributed by atoms with Gasteiger partial charge in [0, 0.05) is 35.0 Å². The second-order valence-electron chi connectivity index (χ2n) is 6.22. The minimum atomic E-state index is -0.0995. The predicted molar refractivity (Wildman–Crippen MR) is 93.2 cm³/mol. The summed E-state index contributed by atoms with van der Waals surface area (Å²) in [6, 6.07) is 9.85. The number of quaternary nitrogens is 1. The maximum Gasteiger partial charge on any atom is 0.361 e. The lowest BCUT2D eigenvalue weighted by Crippen LogP contribution is -3.13. The molecular weight excluding hydrogens is 326 g/mol. The Balaban J connectivity index is 1.57. The molecule has 0 radical (unpaired) electrons. The maximum absolute atomic E-state index is 11.6. The topological polar surface area (TPSA) is 59.4 Å². The molecule has 1 fully saturated rings. The number of nitrogens with zero attached hydrogens (tertiary/aromatic N) is 1. The summed E-state index contributed by atoms with van der Waals surface area (Å²) in [4.78, 5) is 12.9. The van der Waals surface area contributed by atoms with Crippen LogP contribution in [0.1, 0.15) is 31.4 Å². The van der Waals surface area contributed by atoms with Crippen LogP contribution in [0.25, 0.3) is 11.3 Å². The van der Waals surface area contributed by atoms with Crippen LogP contribution in [0, 0.1) is 0 Å². The molecule has 2 heterocycles. The zero-order chi connectivity index (χ0) is 16.9. The Morgan fingerprint density at radius 3 is 2.71 bits per heavy atom. The molecule has 2 N–H and O–H groups in total. The van der Waals surface area contributed by atoms with Crippen LogP contribution in [0.15, 0.2) is 30.3 Å². The Kier molecular flexibility index (Phi) is 5.53. The monoisotopic (exact) mass is 348 g/mol. The first-order valence-corrected chi connectivity index (χ1v) is 8.84. The average Bonchev–Trinajstić information content (AvgIpc) is 3.06. The predicted octanol–water partition coefficient (Wildman–Crippen LogP) is 2.06. The van der Waals surface area contributed by atoms with Gasteiger partial charge in [-0.05, 0) is 25.1 Å². The fourth-order valence-corrected chi connectivity index (χ4v) is 3.37. The second kappa shape index (κ2) is 7.81. The van der Waals surface area contributed by atoms with E-state index in [1.165, 1.54) is 10.6 Å². The molecule has 0 amide bonds. The van der Waals surface area contributed by atoms with Gasteiger partial charge in [-0.3, -0.25) is 5.10 Å². The van der Waals surface area contributed by atoms with Crippen molar-refractivity contribution in [2.75, 3.05) is 26.2 Å². The van der Waals surface area contributed by atoms with E-state index in [1.54, 1.807) is 0 Å². The number of piperidine rings is 1. The Hall–Kier alpha value is -1.85. The summed E-state index contributed by atoms with van der Waals surface area (Å²) in [6.45, 7) is 4.74. The smallest absolute Gasteiger partial charge is 0.361 e. The number of nitrogens with one attached hydrogen (secondary N) is 2. The summed E-state index contributed by atoms with van der Waals surface area (Å²) in [5.74, 6) is 0.377. The second-order valence-corrected chi connectivity index (χ2v) is 6.66. The summed E-state index contributed by atoms with van der Waals surface area (Å²) in [7, 11) is 0. The van der Waals surface area contributed by atoms with Crippen LogP contribution in [-0.2, 0) is 9.53 Å². The lowest BCUT2D eigenvalue weighted by molar-refractivity contribution is -0.898. The highest BCUT2D eigenvalue weighted by Gasteiger charge is 2.26. The third-order valence-electron chi connectivity index (χ3n) is 4.57. The molecule has 1 aliphatic rings. The molecule has 128 valence electrons. The van der Waals surface area contributed by atoms with E-state index in [0.717, 1.165) is 42.2 Å². The van der Waals surface area contributed by atoms with Crippen molar-refractivity contribution < 1.29 is 14.4 Å². The van der Waals surface area contributed by atoms with Crippen LogP contribution < -0.4 is 4.90 Å². The van der Waals surface area contributed by atoms with Crippen molar-refractivity contribution in [1.82, 2.24) is 10.2 Å². The quantitative estimate of drug-likeness (QED) is 0.813. The minimum absolute atomic E-state index is 0.0995. The van der Waals surface area contributed by atoms with Gasteiger partial charge >= 0.3 is 5.97 Å². The number of halogens is 1. The largest absolute Gasteiger partial charge is 0.462 e. The zero-order valence-electron chi connectivity index (χ0n) is 13.8. The summed E-state index contributed by atoms with van der Waals surface area (Å²) < 4.78 is 5.03. The Labute approximate surface area is 147 Å². The van der Waals surface area contributed by atoms with Gasteiger partial charge in [0.25, 0.3) is 0 Å². The summed E-state index contributed by atoms with van der Waals surface area (Å²) >= 11 is 5.93. The van der Waals surface area contributed by atoms with Crippen molar-refractivity contribution in [3.05, 3.63) is 41.0 Å².